The molecule has 164 valence electrons. The van der Waals surface area contributed by atoms with Gasteiger partial charge in [-0.05, 0) is 36.2 Å². The second-order valence-electron chi connectivity index (χ2n) is 7.30. The maximum absolute atomic E-state index is 12.7. The van der Waals surface area contributed by atoms with Crippen LogP contribution in [0.15, 0.2) is 72.8 Å². The topological polar surface area (TPSA) is 88.7 Å². The van der Waals surface area contributed by atoms with E-state index in [-0.39, 0.29) is 18.4 Å². The highest BCUT2D eigenvalue weighted by Gasteiger charge is 2.14. The Bertz CT molecular complexity index is 1090. The van der Waals surface area contributed by atoms with Gasteiger partial charge in [-0.25, -0.2) is 0 Å². The van der Waals surface area contributed by atoms with Crippen LogP contribution in [0.25, 0.3) is 0 Å². The minimum atomic E-state index is -0.235. The number of carbonyl (C=O) groups excluding carboxylic acids is 2. The van der Waals surface area contributed by atoms with Crippen LogP contribution in [-0.4, -0.2) is 38.1 Å². The summed E-state index contributed by atoms with van der Waals surface area (Å²) in [5.74, 6) is 0.858. The summed E-state index contributed by atoms with van der Waals surface area (Å²) in [5, 5.41) is 8.82. The van der Waals surface area contributed by atoms with Crippen LogP contribution in [0, 0.1) is 0 Å². The number of anilines is 2. The SMILES string of the molecule is O=C(CNc1ccccc1C(=O)NCCc1ccccc1)Nc1ccc2c(c1)OCCO2. The Morgan fingerprint density at radius 3 is 2.44 bits per heavy atom. The van der Waals surface area contributed by atoms with E-state index < -0.39 is 0 Å². The van der Waals surface area contributed by atoms with Gasteiger partial charge in [0.1, 0.15) is 13.2 Å². The second-order valence-corrected chi connectivity index (χ2v) is 7.30. The zero-order valence-corrected chi connectivity index (χ0v) is 17.6. The highest BCUT2D eigenvalue weighted by Crippen LogP contribution is 2.32. The third-order valence-electron chi connectivity index (χ3n) is 4.98. The summed E-state index contributed by atoms with van der Waals surface area (Å²) >= 11 is 0. The van der Waals surface area contributed by atoms with Crippen molar-refractivity contribution in [1.82, 2.24) is 5.32 Å². The number of rotatable bonds is 8. The summed E-state index contributed by atoms with van der Waals surface area (Å²) in [6.07, 6.45) is 0.750. The minimum absolute atomic E-state index is 0.0166. The average Bonchev–Trinajstić information content (AvgIpc) is 2.83. The van der Waals surface area contributed by atoms with Crippen molar-refractivity contribution >= 4 is 23.2 Å². The molecule has 0 bridgehead atoms. The molecule has 1 aliphatic rings. The fourth-order valence-corrected chi connectivity index (χ4v) is 3.40. The van der Waals surface area contributed by atoms with Crippen LogP contribution in [0.1, 0.15) is 15.9 Å². The lowest BCUT2D eigenvalue weighted by molar-refractivity contribution is -0.114. The Morgan fingerprint density at radius 1 is 0.844 bits per heavy atom. The van der Waals surface area contributed by atoms with Crippen LogP contribution in [0.5, 0.6) is 11.5 Å². The van der Waals surface area contributed by atoms with Crippen molar-refractivity contribution in [2.75, 3.05) is 36.9 Å². The smallest absolute Gasteiger partial charge is 0.253 e. The van der Waals surface area contributed by atoms with E-state index in [9.17, 15) is 9.59 Å². The first-order chi connectivity index (χ1) is 15.7. The van der Waals surface area contributed by atoms with Crippen molar-refractivity contribution in [2.24, 2.45) is 0 Å². The molecule has 1 heterocycles. The summed E-state index contributed by atoms with van der Waals surface area (Å²) in [6, 6.07) is 22.4. The molecule has 0 saturated heterocycles. The zero-order chi connectivity index (χ0) is 22.2. The summed E-state index contributed by atoms with van der Waals surface area (Å²) in [6.45, 7) is 1.54. The Balaban J connectivity index is 1.30. The van der Waals surface area contributed by atoms with E-state index in [2.05, 4.69) is 16.0 Å². The quantitative estimate of drug-likeness (QED) is 0.508. The van der Waals surface area contributed by atoms with E-state index in [0.717, 1.165) is 12.0 Å². The van der Waals surface area contributed by atoms with Crippen molar-refractivity contribution in [1.29, 1.82) is 0 Å². The maximum Gasteiger partial charge on any atom is 0.253 e. The molecule has 3 aromatic carbocycles. The first-order valence-corrected chi connectivity index (χ1v) is 10.5. The molecule has 0 spiro atoms. The summed E-state index contributed by atoms with van der Waals surface area (Å²) in [7, 11) is 0. The van der Waals surface area contributed by atoms with Gasteiger partial charge in [-0.15, -0.1) is 0 Å². The molecular weight excluding hydrogens is 406 g/mol. The molecule has 32 heavy (non-hydrogen) atoms. The van der Waals surface area contributed by atoms with Crippen molar-refractivity contribution in [3.63, 3.8) is 0 Å². The second kappa shape index (κ2) is 10.3. The van der Waals surface area contributed by atoms with Crippen LogP contribution >= 0.6 is 0 Å². The number of carbonyl (C=O) groups is 2. The lowest BCUT2D eigenvalue weighted by Gasteiger charge is -2.19. The van der Waals surface area contributed by atoms with Gasteiger partial charge < -0.3 is 25.4 Å². The third kappa shape index (κ3) is 5.57. The predicted octanol–water partition coefficient (Wildman–Crippen LogP) is 3.48. The average molecular weight is 431 g/mol. The highest BCUT2D eigenvalue weighted by atomic mass is 16.6. The minimum Gasteiger partial charge on any atom is -0.486 e. The van der Waals surface area contributed by atoms with Gasteiger partial charge in [-0.3, -0.25) is 9.59 Å². The van der Waals surface area contributed by atoms with Gasteiger partial charge in [-0.1, -0.05) is 42.5 Å². The van der Waals surface area contributed by atoms with Crippen LogP contribution in [-0.2, 0) is 11.2 Å². The van der Waals surface area contributed by atoms with Gasteiger partial charge in [0, 0.05) is 24.0 Å². The lowest BCUT2D eigenvalue weighted by Crippen LogP contribution is -2.28. The number of benzene rings is 3. The summed E-state index contributed by atoms with van der Waals surface area (Å²) in [4.78, 5) is 25.1. The van der Waals surface area contributed by atoms with E-state index in [0.29, 0.717) is 48.2 Å². The molecule has 7 nitrogen and oxygen atoms in total. The Labute approximate surface area is 186 Å². The maximum atomic E-state index is 12.7. The van der Waals surface area contributed by atoms with Gasteiger partial charge >= 0.3 is 0 Å². The molecule has 0 unspecified atom stereocenters. The van der Waals surface area contributed by atoms with Crippen LogP contribution < -0.4 is 25.4 Å². The molecule has 3 N–H and O–H groups in total. The van der Waals surface area contributed by atoms with E-state index >= 15 is 0 Å². The molecule has 0 saturated carbocycles. The van der Waals surface area contributed by atoms with Crippen LogP contribution in [0.2, 0.25) is 0 Å². The van der Waals surface area contributed by atoms with Gasteiger partial charge in [0.25, 0.3) is 5.91 Å². The molecule has 2 amide bonds. The number of amides is 2. The van der Waals surface area contributed by atoms with Gasteiger partial charge in [0.05, 0.1) is 12.1 Å². The van der Waals surface area contributed by atoms with Gasteiger partial charge in [0.15, 0.2) is 11.5 Å². The number of hydrogen-bond acceptors (Lipinski definition) is 5. The first-order valence-electron chi connectivity index (χ1n) is 10.5. The number of fused-ring (bicyclic) bond motifs is 1. The van der Waals surface area contributed by atoms with Crippen molar-refractivity contribution < 1.29 is 19.1 Å². The van der Waals surface area contributed by atoms with Crippen LogP contribution in [0.4, 0.5) is 11.4 Å². The number of hydrogen-bond donors (Lipinski definition) is 3. The summed E-state index contributed by atoms with van der Waals surface area (Å²) < 4.78 is 11.0. The standard InChI is InChI=1S/C25H25N3O4/c29-24(28-19-10-11-22-23(16-19)32-15-14-31-22)17-27-21-9-5-4-8-20(21)25(30)26-13-12-18-6-2-1-3-7-18/h1-11,16,27H,12-15,17H2,(H,26,30)(H,28,29). The Hall–Kier alpha value is -4.00. The molecule has 0 radical (unpaired) electrons. The van der Waals surface area contributed by atoms with Gasteiger partial charge in [-0.2, -0.15) is 0 Å². The van der Waals surface area contributed by atoms with Crippen molar-refractivity contribution in [3.05, 3.63) is 83.9 Å². The Kier molecular flexibility index (Phi) is 6.87. The van der Waals surface area contributed by atoms with Crippen molar-refractivity contribution in [2.45, 2.75) is 6.42 Å². The normalized spacial score (nSPS) is 12.0. The van der Waals surface area contributed by atoms with Gasteiger partial charge in [0.2, 0.25) is 5.91 Å². The van der Waals surface area contributed by atoms with E-state index in [1.165, 1.54) is 0 Å². The number of para-hydroxylation sites is 1. The third-order valence-corrected chi connectivity index (χ3v) is 4.98. The van der Waals surface area contributed by atoms with E-state index in [1.807, 2.05) is 36.4 Å². The lowest BCUT2D eigenvalue weighted by atomic mass is 10.1. The largest absolute Gasteiger partial charge is 0.486 e. The molecule has 3 aromatic rings. The molecule has 1 aliphatic heterocycles. The molecule has 0 fully saturated rings. The van der Waals surface area contributed by atoms with Crippen LogP contribution in [0.3, 0.4) is 0 Å². The molecule has 0 aromatic heterocycles. The van der Waals surface area contributed by atoms with E-state index in [4.69, 9.17) is 9.47 Å². The first kappa shape index (κ1) is 21.2. The molecule has 7 heteroatoms. The predicted molar refractivity (Wildman–Crippen MR) is 123 cm³/mol. The fourth-order valence-electron chi connectivity index (χ4n) is 3.40. The highest BCUT2D eigenvalue weighted by molar-refractivity contribution is 6.01. The molecule has 4 rings (SSSR count). The Morgan fingerprint density at radius 2 is 1.59 bits per heavy atom. The zero-order valence-electron chi connectivity index (χ0n) is 17.6. The van der Waals surface area contributed by atoms with E-state index in [1.54, 1.807) is 36.4 Å². The molecule has 0 aliphatic carbocycles. The summed E-state index contributed by atoms with van der Waals surface area (Å²) in [5.41, 5.74) is 2.87. The molecule has 0 atom stereocenters. The molecular formula is C25H25N3O4. The number of ether oxygens (including phenoxy) is 2. The monoisotopic (exact) mass is 431 g/mol. The fraction of sp³-hybridized carbons (Fsp3) is 0.200. The van der Waals surface area contributed by atoms with Crippen molar-refractivity contribution in [3.8, 4) is 11.5 Å². The number of nitrogens with one attached hydrogen (secondary N) is 3.